The molecule has 0 saturated carbocycles. The van der Waals surface area contributed by atoms with Gasteiger partial charge in [0.1, 0.15) is 12.5 Å². The van der Waals surface area contributed by atoms with E-state index in [1.165, 1.54) is 12.3 Å². The van der Waals surface area contributed by atoms with Crippen molar-refractivity contribution in [3.63, 3.8) is 0 Å². The van der Waals surface area contributed by atoms with Crippen LogP contribution < -0.4 is 10.6 Å². The number of carbonyl (C=O) groups is 1. The summed E-state index contributed by atoms with van der Waals surface area (Å²) in [6.45, 7) is 0.816. The summed E-state index contributed by atoms with van der Waals surface area (Å²) in [6.07, 6.45) is 6.32. The molecule has 1 atom stereocenters. The number of hydrogen-bond donors (Lipinski definition) is 2. The molecular formula is C21H23F2N5O. The van der Waals surface area contributed by atoms with Crippen LogP contribution in [0.15, 0.2) is 36.8 Å². The number of pyridine rings is 1. The van der Waals surface area contributed by atoms with Gasteiger partial charge in [-0.2, -0.15) is 5.10 Å². The molecule has 29 heavy (non-hydrogen) atoms. The summed E-state index contributed by atoms with van der Waals surface area (Å²) in [5.41, 5.74) is 1.50. The lowest BCUT2D eigenvalue weighted by molar-refractivity contribution is -0.126. The molecule has 1 unspecified atom stereocenters. The third-order valence-corrected chi connectivity index (χ3v) is 5.38. The van der Waals surface area contributed by atoms with Crippen molar-refractivity contribution < 1.29 is 13.6 Å². The molecule has 0 radical (unpaired) electrons. The quantitative estimate of drug-likeness (QED) is 0.692. The number of hydrogen-bond acceptors (Lipinski definition) is 4. The van der Waals surface area contributed by atoms with Gasteiger partial charge < -0.3 is 10.6 Å². The Morgan fingerprint density at radius 3 is 2.76 bits per heavy atom. The summed E-state index contributed by atoms with van der Waals surface area (Å²) >= 11 is 0. The van der Waals surface area contributed by atoms with Gasteiger partial charge in [0.15, 0.2) is 0 Å². The summed E-state index contributed by atoms with van der Waals surface area (Å²) < 4.78 is 29.9. The standard InChI is InChI=1S/C21H23F2N5O/c1-28-12-16(11-26-28)17-6-14-8-19(25-10-15(14)7-18(17)23)20(9-22)27-21(29)13-2-4-24-5-3-13/h6-8,10-13,20,24H,2-5,9H2,1H3,(H,27,29). The van der Waals surface area contributed by atoms with Crippen molar-refractivity contribution in [2.45, 2.75) is 18.9 Å². The SMILES string of the molecule is Cn1cc(-c2cc3cc(C(CF)NC(=O)C4CCNCC4)ncc3cc2F)cn1. The number of carbonyl (C=O) groups excluding carboxylic acids is 1. The van der Waals surface area contributed by atoms with Crippen LogP contribution in [0.5, 0.6) is 0 Å². The average Bonchev–Trinajstić information content (AvgIpc) is 3.17. The van der Waals surface area contributed by atoms with E-state index < -0.39 is 12.7 Å². The lowest BCUT2D eigenvalue weighted by Gasteiger charge is -2.24. The highest BCUT2D eigenvalue weighted by molar-refractivity contribution is 5.87. The number of amides is 1. The third-order valence-electron chi connectivity index (χ3n) is 5.38. The van der Waals surface area contributed by atoms with Gasteiger partial charge in [-0.3, -0.25) is 14.5 Å². The molecular weight excluding hydrogens is 376 g/mol. The van der Waals surface area contributed by atoms with Crippen molar-refractivity contribution in [3.05, 3.63) is 48.3 Å². The molecule has 1 aliphatic rings. The predicted molar refractivity (Wildman–Crippen MR) is 106 cm³/mol. The van der Waals surface area contributed by atoms with Gasteiger partial charge in [0.25, 0.3) is 0 Å². The number of piperidine rings is 1. The fraction of sp³-hybridized carbons (Fsp3) is 0.381. The number of aromatic nitrogens is 3. The number of nitrogens with one attached hydrogen (secondary N) is 2. The smallest absolute Gasteiger partial charge is 0.223 e. The first-order chi connectivity index (χ1) is 14.0. The van der Waals surface area contributed by atoms with Crippen molar-refractivity contribution in [2.75, 3.05) is 19.8 Å². The first-order valence-electron chi connectivity index (χ1n) is 9.70. The highest BCUT2D eigenvalue weighted by Gasteiger charge is 2.24. The van der Waals surface area contributed by atoms with Crippen molar-refractivity contribution in [1.82, 2.24) is 25.4 Å². The molecule has 1 aromatic carbocycles. The molecule has 1 amide bonds. The lowest BCUT2D eigenvalue weighted by atomic mass is 9.96. The molecule has 2 aromatic heterocycles. The predicted octanol–water partition coefficient (Wildman–Crippen LogP) is 2.90. The van der Waals surface area contributed by atoms with Crippen LogP contribution in [-0.4, -0.2) is 40.4 Å². The Bertz CT molecular complexity index is 1030. The van der Waals surface area contributed by atoms with Crippen LogP contribution in [0.4, 0.5) is 8.78 Å². The highest BCUT2D eigenvalue weighted by Crippen LogP contribution is 2.28. The second-order valence-corrected chi connectivity index (χ2v) is 7.43. The molecule has 6 nitrogen and oxygen atoms in total. The molecule has 4 rings (SSSR count). The van der Waals surface area contributed by atoms with Crippen LogP contribution in [0, 0.1) is 11.7 Å². The molecule has 3 heterocycles. The van der Waals surface area contributed by atoms with E-state index in [1.807, 2.05) is 0 Å². The van der Waals surface area contributed by atoms with E-state index in [0.29, 0.717) is 22.2 Å². The summed E-state index contributed by atoms with van der Waals surface area (Å²) in [7, 11) is 1.77. The third kappa shape index (κ3) is 4.12. The maximum Gasteiger partial charge on any atom is 0.223 e. The number of benzene rings is 1. The van der Waals surface area contributed by atoms with E-state index in [0.717, 1.165) is 31.3 Å². The number of fused-ring (bicyclic) bond motifs is 1. The molecule has 152 valence electrons. The Morgan fingerprint density at radius 1 is 1.28 bits per heavy atom. The van der Waals surface area contributed by atoms with Crippen LogP contribution in [-0.2, 0) is 11.8 Å². The van der Waals surface area contributed by atoms with E-state index in [-0.39, 0.29) is 17.6 Å². The molecule has 1 aliphatic heterocycles. The van der Waals surface area contributed by atoms with E-state index in [9.17, 15) is 13.6 Å². The van der Waals surface area contributed by atoms with Crippen molar-refractivity contribution in [1.29, 1.82) is 0 Å². The average molecular weight is 399 g/mol. The first kappa shape index (κ1) is 19.4. The summed E-state index contributed by atoms with van der Waals surface area (Å²) in [4.78, 5) is 16.8. The Hall–Kier alpha value is -2.87. The van der Waals surface area contributed by atoms with Crippen LogP contribution in [0.1, 0.15) is 24.6 Å². The lowest BCUT2D eigenvalue weighted by Crippen LogP contribution is -2.40. The van der Waals surface area contributed by atoms with Gasteiger partial charge in [0, 0.05) is 41.9 Å². The van der Waals surface area contributed by atoms with Crippen molar-refractivity contribution in [2.24, 2.45) is 13.0 Å². The van der Waals surface area contributed by atoms with Crippen LogP contribution >= 0.6 is 0 Å². The second-order valence-electron chi connectivity index (χ2n) is 7.43. The van der Waals surface area contributed by atoms with Crippen molar-refractivity contribution >= 4 is 16.7 Å². The molecule has 1 saturated heterocycles. The van der Waals surface area contributed by atoms with Gasteiger partial charge in [-0.15, -0.1) is 0 Å². The molecule has 8 heteroatoms. The monoisotopic (exact) mass is 399 g/mol. The Kier molecular flexibility index (Phi) is 5.53. The van der Waals surface area contributed by atoms with E-state index >= 15 is 0 Å². The van der Waals surface area contributed by atoms with Gasteiger partial charge in [-0.25, -0.2) is 8.78 Å². The number of alkyl halides is 1. The Balaban J connectivity index is 1.62. The highest BCUT2D eigenvalue weighted by atomic mass is 19.1. The summed E-state index contributed by atoms with van der Waals surface area (Å²) in [5.74, 6) is -0.635. The van der Waals surface area contributed by atoms with Gasteiger partial charge in [-0.05, 0) is 49.5 Å². The zero-order valence-corrected chi connectivity index (χ0v) is 16.2. The zero-order valence-electron chi connectivity index (χ0n) is 16.2. The van der Waals surface area contributed by atoms with Gasteiger partial charge in [0.2, 0.25) is 5.91 Å². The maximum atomic E-state index is 14.5. The molecule has 3 aromatic rings. The minimum absolute atomic E-state index is 0.114. The topological polar surface area (TPSA) is 71.8 Å². The van der Waals surface area contributed by atoms with E-state index in [2.05, 4.69) is 20.7 Å². The molecule has 0 aliphatic carbocycles. The van der Waals surface area contributed by atoms with Gasteiger partial charge in [-0.1, -0.05) is 0 Å². The molecule has 2 N–H and O–H groups in total. The minimum atomic E-state index is -0.825. The number of nitrogens with zero attached hydrogens (tertiary/aromatic N) is 3. The minimum Gasteiger partial charge on any atom is -0.345 e. The van der Waals surface area contributed by atoms with Crippen LogP contribution in [0.2, 0.25) is 0 Å². The van der Waals surface area contributed by atoms with Gasteiger partial charge >= 0.3 is 0 Å². The molecule has 1 fully saturated rings. The fourth-order valence-electron chi connectivity index (χ4n) is 3.72. The summed E-state index contributed by atoms with van der Waals surface area (Å²) in [5, 5.41) is 11.4. The molecule has 0 bridgehead atoms. The first-order valence-corrected chi connectivity index (χ1v) is 9.70. The van der Waals surface area contributed by atoms with Crippen molar-refractivity contribution in [3.8, 4) is 11.1 Å². The largest absolute Gasteiger partial charge is 0.345 e. The Labute approximate surface area is 167 Å². The number of halogens is 2. The fourth-order valence-corrected chi connectivity index (χ4v) is 3.72. The second kappa shape index (κ2) is 8.24. The van der Waals surface area contributed by atoms with Gasteiger partial charge in [0.05, 0.1) is 17.9 Å². The normalized spacial score (nSPS) is 16.1. The summed E-state index contributed by atoms with van der Waals surface area (Å²) in [6, 6.07) is 4.00. The number of aryl methyl sites for hydroxylation is 1. The maximum absolute atomic E-state index is 14.5. The van der Waals surface area contributed by atoms with Crippen LogP contribution in [0.3, 0.4) is 0 Å². The molecule has 0 spiro atoms. The van der Waals surface area contributed by atoms with Crippen LogP contribution in [0.25, 0.3) is 21.9 Å². The number of rotatable bonds is 5. The Morgan fingerprint density at radius 2 is 2.07 bits per heavy atom. The zero-order chi connectivity index (χ0) is 20.4. The van der Waals surface area contributed by atoms with E-state index in [4.69, 9.17) is 0 Å². The van der Waals surface area contributed by atoms with E-state index in [1.54, 1.807) is 36.3 Å².